The molecule has 1 aliphatic heterocycles. The van der Waals surface area contributed by atoms with Gasteiger partial charge >= 0.3 is 13.1 Å². The number of aliphatic hydroxyl groups excluding tert-OH is 1. The summed E-state index contributed by atoms with van der Waals surface area (Å²) in [7, 11) is -0.543. The third-order valence-corrected chi connectivity index (χ3v) is 6.22. The number of hydrogen-bond donors (Lipinski definition) is 1. The molecule has 0 aromatic heterocycles. The van der Waals surface area contributed by atoms with Gasteiger partial charge in [-0.2, -0.15) is 0 Å². The molecule has 1 fully saturated rings. The number of ether oxygens (including phenoxy) is 2. The Balaban J connectivity index is 2.38. The topological polar surface area (TPSA) is 74.2 Å². The molecule has 0 bridgehead atoms. The van der Waals surface area contributed by atoms with Crippen LogP contribution in [0, 0.1) is 0 Å². The average molecular weight is 458 g/mol. The van der Waals surface area contributed by atoms with Gasteiger partial charge in [0.2, 0.25) is 0 Å². The Morgan fingerprint density at radius 1 is 1.21 bits per heavy atom. The largest absolute Gasteiger partial charge is 0.494 e. The lowest BCUT2D eigenvalue weighted by atomic mass is 9.72. The zero-order chi connectivity index (χ0) is 24.6. The van der Waals surface area contributed by atoms with E-state index < -0.39 is 24.4 Å². The van der Waals surface area contributed by atoms with Gasteiger partial charge in [-0.15, -0.1) is 0 Å². The normalized spacial score (nSPS) is 18.2. The van der Waals surface area contributed by atoms with E-state index in [-0.39, 0.29) is 19.2 Å². The van der Waals surface area contributed by atoms with E-state index in [2.05, 4.69) is 13.5 Å². The van der Waals surface area contributed by atoms with Gasteiger partial charge in [-0.05, 0) is 52.1 Å². The summed E-state index contributed by atoms with van der Waals surface area (Å²) in [6.07, 6.45) is 4.76. The lowest BCUT2D eigenvalue weighted by Gasteiger charge is -2.32. The van der Waals surface area contributed by atoms with E-state index in [4.69, 9.17) is 23.9 Å². The van der Waals surface area contributed by atoms with Gasteiger partial charge in [0, 0.05) is 18.9 Å². The van der Waals surface area contributed by atoms with Gasteiger partial charge in [-0.1, -0.05) is 49.8 Å². The minimum Gasteiger partial charge on any atom is -0.491 e. The maximum atomic E-state index is 11.9. The summed E-state index contributed by atoms with van der Waals surface area (Å²) in [6, 6.07) is 7.39. The lowest BCUT2D eigenvalue weighted by molar-refractivity contribution is -0.146. The molecule has 1 N–H and O–H groups in total. The Bertz CT molecular complexity index is 829. The molecule has 1 heterocycles. The van der Waals surface area contributed by atoms with E-state index >= 15 is 0 Å². The van der Waals surface area contributed by atoms with E-state index in [9.17, 15) is 4.79 Å². The van der Waals surface area contributed by atoms with Crippen LogP contribution in [0.25, 0.3) is 0 Å². The van der Waals surface area contributed by atoms with Crippen molar-refractivity contribution >= 4 is 13.1 Å². The van der Waals surface area contributed by atoms with Crippen molar-refractivity contribution in [2.24, 2.45) is 0 Å². The number of rotatable bonds is 12. The van der Waals surface area contributed by atoms with E-state index in [1.807, 2.05) is 52.0 Å². The summed E-state index contributed by atoms with van der Waals surface area (Å²) in [5.41, 5.74) is 1.64. The standard InChI is InChI=1S/C26H39BO6/c1-8-9-12-19(2)22(27-32-25(4,5)26(6,7)33-27)15-16-24(31-20(3)29)21-13-10-11-14-23(21)30-18-17-28/h10-11,13-15,24,28H,2,8-9,12,16-18H2,1,3-7H3/b22-15-/t24-/m1/s1. The minimum atomic E-state index is -0.561. The first-order valence-electron chi connectivity index (χ1n) is 11.8. The van der Waals surface area contributed by atoms with Crippen molar-refractivity contribution in [3.8, 4) is 5.75 Å². The fraction of sp³-hybridized carbons (Fsp3) is 0.577. The Kier molecular flexibility index (Phi) is 9.76. The Labute approximate surface area is 199 Å². The van der Waals surface area contributed by atoms with Gasteiger partial charge in [-0.25, -0.2) is 0 Å². The second-order valence-corrected chi connectivity index (χ2v) is 9.40. The molecule has 1 aliphatic rings. The molecule has 0 saturated carbocycles. The lowest BCUT2D eigenvalue weighted by Crippen LogP contribution is -2.41. The SMILES string of the molecule is C=C(CCCC)/C(=C/C[C@@H](OC(C)=O)c1ccccc1OCCO)B1OC(C)(C)C(C)(C)O1. The highest BCUT2D eigenvalue weighted by molar-refractivity contribution is 6.56. The second-order valence-electron chi connectivity index (χ2n) is 9.40. The molecule has 0 aliphatic carbocycles. The first kappa shape index (κ1) is 27.2. The maximum absolute atomic E-state index is 11.9. The van der Waals surface area contributed by atoms with Gasteiger partial charge in [0.15, 0.2) is 0 Å². The van der Waals surface area contributed by atoms with Gasteiger partial charge in [0.1, 0.15) is 18.5 Å². The molecule has 0 unspecified atom stereocenters. The molecule has 6 nitrogen and oxygen atoms in total. The Morgan fingerprint density at radius 2 is 1.85 bits per heavy atom. The van der Waals surface area contributed by atoms with Crippen LogP contribution >= 0.6 is 0 Å². The van der Waals surface area contributed by atoms with Crippen molar-refractivity contribution < 1.29 is 28.7 Å². The van der Waals surface area contributed by atoms with Crippen LogP contribution in [0.4, 0.5) is 0 Å². The van der Waals surface area contributed by atoms with Crippen molar-refractivity contribution in [1.29, 1.82) is 0 Å². The molecule has 1 aromatic rings. The van der Waals surface area contributed by atoms with Gasteiger partial charge in [0.05, 0.1) is 17.8 Å². The number of carbonyl (C=O) groups is 1. The number of aliphatic hydroxyl groups is 1. The van der Waals surface area contributed by atoms with Gasteiger partial charge in [0.25, 0.3) is 0 Å². The number of unbranched alkanes of at least 4 members (excludes halogenated alkanes) is 1. The van der Waals surface area contributed by atoms with Crippen molar-refractivity contribution in [3.63, 3.8) is 0 Å². The third kappa shape index (κ3) is 7.20. The molecule has 0 spiro atoms. The molecule has 0 radical (unpaired) electrons. The van der Waals surface area contributed by atoms with Crippen molar-refractivity contribution in [2.45, 2.75) is 84.5 Å². The highest BCUT2D eigenvalue weighted by Gasteiger charge is 2.52. The molecule has 182 valence electrons. The monoisotopic (exact) mass is 458 g/mol. The van der Waals surface area contributed by atoms with Crippen LogP contribution in [0.15, 0.2) is 48.0 Å². The average Bonchev–Trinajstić information content (AvgIpc) is 2.96. The Hall–Kier alpha value is -2.09. The fourth-order valence-corrected chi connectivity index (χ4v) is 3.62. The highest BCUT2D eigenvalue weighted by Crippen LogP contribution is 2.41. The van der Waals surface area contributed by atoms with Crippen LogP contribution in [0.1, 0.15) is 78.9 Å². The molecular formula is C26H39BO6. The molecule has 2 rings (SSSR count). The van der Waals surface area contributed by atoms with Crippen LogP contribution < -0.4 is 4.74 Å². The van der Waals surface area contributed by atoms with E-state index in [1.54, 1.807) is 6.07 Å². The molecule has 1 atom stereocenters. The van der Waals surface area contributed by atoms with Gasteiger partial charge in [-0.3, -0.25) is 4.79 Å². The molecule has 0 amide bonds. The minimum absolute atomic E-state index is 0.101. The number of esters is 1. The summed E-state index contributed by atoms with van der Waals surface area (Å²) in [6.45, 7) is 16.0. The first-order chi connectivity index (χ1) is 15.5. The fourth-order valence-electron chi connectivity index (χ4n) is 3.62. The van der Waals surface area contributed by atoms with Crippen LogP contribution in [0.3, 0.4) is 0 Å². The van der Waals surface area contributed by atoms with Crippen molar-refractivity contribution in [2.75, 3.05) is 13.2 Å². The van der Waals surface area contributed by atoms with E-state index in [0.717, 1.165) is 35.9 Å². The maximum Gasteiger partial charge on any atom is 0.494 e. The van der Waals surface area contributed by atoms with E-state index in [1.165, 1.54) is 6.92 Å². The predicted molar refractivity (Wildman–Crippen MR) is 131 cm³/mol. The van der Waals surface area contributed by atoms with Crippen LogP contribution in [-0.2, 0) is 18.8 Å². The molecule has 33 heavy (non-hydrogen) atoms. The van der Waals surface area contributed by atoms with Crippen molar-refractivity contribution in [3.05, 3.63) is 53.5 Å². The number of carbonyl (C=O) groups excluding carboxylic acids is 1. The Morgan fingerprint density at radius 3 is 2.42 bits per heavy atom. The molecule has 7 heteroatoms. The number of benzene rings is 1. The number of allylic oxidation sites excluding steroid dienone is 2. The molecule has 1 aromatic carbocycles. The van der Waals surface area contributed by atoms with E-state index in [0.29, 0.717) is 12.2 Å². The summed E-state index contributed by atoms with van der Waals surface area (Å²) in [4.78, 5) is 11.9. The summed E-state index contributed by atoms with van der Waals surface area (Å²) < 4.78 is 24.0. The summed E-state index contributed by atoms with van der Waals surface area (Å²) in [5, 5.41) is 9.16. The first-order valence-corrected chi connectivity index (χ1v) is 11.8. The zero-order valence-electron chi connectivity index (χ0n) is 21.0. The molecular weight excluding hydrogens is 419 g/mol. The quantitative estimate of drug-likeness (QED) is 0.258. The number of para-hydroxylation sites is 1. The summed E-state index contributed by atoms with van der Waals surface area (Å²) in [5.74, 6) is 0.195. The van der Waals surface area contributed by atoms with Crippen molar-refractivity contribution in [1.82, 2.24) is 0 Å². The summed E-state index contributed by atoms with van der Waals surface area (Å²) >= 11 is 0. The zero-order valence-corrected chi connectivity index (χ0v) is 21.0. The number of hydrogen-bond acceptors (Lipinski definition) is 6. The molecule has 1 saturated heterocycles. The van der Waals surface area contributed by atoms with Crippen LogP contribution in [0.5, 0.6) is 5.75 Å². The highest BCUT2D eigenvalue weighted by atomic mass is 16.7. The van der Waals surface area contributed by atoms with Crippen LogP contribution in [0.2, 0.25) is 0 Å². The van der Waals surface area contributed by atoms with Crippen LogP contribution in [-0.4, -0.2) is 42.6 Å². The smallest absolute Gasteiger partial charge is 0.491 e. The van der Waals surface area contributed by atoms with Gasteiger partial charge < -0.3 is 23.9 Å². The predicted octanol–water partition coefficient (Wildman–Crippen LogP) is 5.36. The second kappa shape index (κ2) is 11.9. The third-order valence-electron chi connectivity index (χ3n) is 6.22.